The minimum atomic E-state index is -0.558. The molecule has 0 saturated carbocycles. The Kier molecular flexibility index (Phi) is 5.76. The Labute approximate surface area is 168 Å². The molecule has 0 radical (unpaired) electrons. The fraction of sp³-hybridized carbons (Fsp3) is 0.238. The molecule has 6 nitrogen and oxygen atoms in total. The van der Waals surface area contributed by atoms with Crippen LogP contribution in [0.4, 0.5) is 0 Å². The van der Waals surface area contributed by atoms with Crippen LogP contribution in [0.1, 0.15) is 27.3 Å². The predicted molar refractivity (Wildman–Crippen MR) is 106 cm³/mol. The number of hydrogen-bond donors (Lipinski definition) is 0. The van der Waals surface area contributed by atoms with E-state index in [2.05, 4.69) is 16.8 Å². The molecule has 28 heavy (non-hydrogen) atoms. The monoisotopic (exact) mass is 398 g/mol. The first kappa shape index (κ1) is 19.6. The molecule has 3 rings (SSSR count). The third-order valence-corrected chi connectivity index (χ3v) is 4.74. The first-order valence-electron chi connectivity index (χ1n) is 8.47. The van der Waals surface area contributed by atoms with Crippen LogP contribution in [-0.2, 0) is 4.74 Å². The first-order valence-corrected chi connectivity index (χ1v) is 8.85. The van der Waals surface area contributed by atoms with Crippen LogP contribution >= 0.6 is 11.6 Å². The summed E-state index contributed by atoms with van der Waals surface area (Å²) in [5.74, 6) is 6.64. The Morgan fingerprint density at radius 3 is 2.54 bits per heavy atom. The second-order valence-corrected chi connectivity index (χ2v) is 6.43. The normalized spacial score (nSPS) is 10.3. The number of rotatable bonds is 4. The highest BCUT2D eigenvalue weighted by Crippen LogP contribution is 2.25. The smallest absolute Gasteiger partial charge is 0.359 e. The summed E-state index contributed by atoms with van der Waals surface area (Å²) in [6.07, 6.45) is 1.74. The highest BCUT2D eigenvalue weighted by Gasteiger charge is 2.18. The maximum Gasteiger partial charge on any atom is 0.359 e. The van der Waals surface area contributed by atoms with Crippen molar-refractivity contribution in [2.24, 2.45) is 0 Å². The lowest BCUT2D eigenvalue weighted by Crippen LogP contribution is -2.05. The standard InChI is InChI=1S/C21H19ClN2O4/c1-13-10-16(11-14(2)19(13)22)28-9-5-6-17-20(21(25)27-4)23-18-12-15(26-3)7-8-24(17)18/h7-8,10-12H,9H2,1-4H3. The van der Waals surface area contributed by atoms with Gasteiger partial charge in [-0.2, -0.15) is 0 Å². The average molecular weight is 399 g/mol. The van der Waals surface area contributed by atoms with E-state index in [0.29, 0.717) is 22.8 Å². The fourth-order valence-corrected chi connectivity index (χ4v) is 2.85. The topological polar surface area (TPSA) is 62.1 Å². The highest BCUT2D eigenvalue weighted by molar-refractivity contribution is 6.32. The molecule has 0 N–H and O–H groups in total. The molecule has 0 bridgehead atoms. The number of ether oxygens (including phenoxy) is 3. The van der Waals surface area contributed by atoms with Gasteiger partial charge in [0.15, 0.2) is 5.69 Å². The molecule has 0 amide bonds. The minimum absolute atomic E-state index is 0.140. The van der Waals surface area contributed by atoms with Gasteiger partial charge in [-0.1, -0.05) is 17.5 Å². The minimum Gasteiger partial charge on any atom is -0.497 e. The number of carbonyl (C=O) groups excluding carboxylic acids is 1. The Hall–Kier alpha value is -3.17. The average Bonchev–Trinajstić information content (AvgIpc) is 3.06. The van der Waals surface area contributed by atoms with Crippen LogP contribution in [-0.4, -0.2) is 36.2 Å². The molecule has 0 atom stereocenters. The second kappa shape index (κ2) is 8.24. The zero-order valence-corrected chi connectivity index (χ0v) is 16.8. The number of carbonyl (C=O) groups is 1. The van der Waals surface area contributed by atoms with Gasteiger partial charge in [-0.3, -0.25) is 4.40 Å². The van der Waals surface area contributed by atoms with Crippen molar-refractivity contribution < 1.29 is 19.0 Å². The van der Waals surface area contributed by atoms with Gasteiger partial charge in [-0.05, 0) is 49.1 Å². The van der Waals surface area contributed by atoms with Crippen LogP contribution < -0.4 is 9.47 Å². The number of benzene rings is 1. The molecule has 0 fully saturated rings. The molecule has 0 saturated heterocycles. The summed E-state index contributed by atoms with van der Waals surface area (Å²) in [5, 5.41) is 0.724. The molecule has 0 spiro atoms. The summed E-state index contributed by atoms with van der Waals surface area (Å²) in [6.45, 7) is 3.98. The lowest BCUT2D eigenvalue weighted by atomic mass is 10.1. The van der Waals surface area contributed by atoms with Gasteiger partial charge in [-0.25, -0.2) is 9.78 Å². The summed E-state index contributed by atoms with van der Waals surface area (Å²) in [6, 6.07) is 7.19. The molecular formula is C21H19ClN2O4. The summed E-state index contributed by atoms with van der Waals surface area (Å²) >= 11 is 6.17. The van der Waals surface area contributed by atoms with Gasteiger partial charge in [0.1, 0.15) is 29.4 Å². The zero-order valence-electron chi connectivity index (χ0n) is 16.0. The Bertz CT molecular complexity index is 1090. The van der Waals surface area contributed by atoms with Crippen molar-refractivity contribution in [2.45, 2.75) is 13.8 Å². The molecule has 2 heterocycles. The van der Waals surface area contributed by atoms with Crippen molar-refractivity contribution in [3.63, 3.8) is 0 Å². The lowest BCUT2D eigenvalue weighted by Gasteiger charge is -2.07. The maximum absolute atomic E-state index is 12.1. The van der Waals surface area contributed by atoms with Crippen molar-refractivity contribution in [3.05, 3.63) is 58.0 Å². The molecule has 0 aliphatic heterocycles. The van der Waals surface area contributed by atoms with Crippen LogP contribution in [0.2, 0.25) is 5.02 Å². The van der Waals surface area contributed by atoms with E-state index in [1.165, 1.54) is 7.11 Å². The number of methoxy groups -OCH3 is 2. The van der Waals surface area contributed by atoms with E-state index in [9.17, 15) is 4.79 Å². The molecule has 0 unspecified atom stereocenters. The third kappa shape index (κ3) is 3.90. The Morgan fingerprint density at radius 1 is 1.18 bits per heavy atom. The molecule has 1 aromatic carbocycles. The number of fused-ring (bicyclic) bond motifs is 1. The van der Waals surface area contributed by atoms with Gasteiger partial charge >= 0.3 is 5.97 Å². The number of halogens is 1. The summed E-state index contributed by atoms with van der Waals surface area (Å²) in [5.41, 5.74) is 2.98. The van der Waals surface area contributed by atoms with Crippen molar-refractivity contribution in [1.29, 1.82) is 0 Å². The molecular weight excluding hydrogens is 380 g/mol. The fourth-order valence-electron chi connectivity index (χ4n) is 2.74. The number of esters is 1. The zero-order chi connectivity index (χ0) is 20.3. The summed E-state index contributed by atoms with van der Waals surface area (Å²) in [7, 11) is 2.87. The number of pyridine rings is 1. The SMILES string of the molecule is COC(=O)c1nc2cc(OC)ccn2c1C#CCOc1cc(C)c(Cl)c(C)c1. The number of aromatic nitrogens is 2. The molecule has 144 valence electrons. The van der Waals surface area contributed by atoms with Crippen molar-refractivity contribution in [2.75, 3.05) is 20.8 Å². The van der Waals surface area contributed by atoms with E-state index in [1.807, 2.05) is 26.0 Å². The van der Waals surface area contributed by atoms with Crippen molar-refractivity contribution >= 4 is 23.2 Å². The van der Waals surface area contributed by atoms with E-state index in [0.717, 1.165) is 16.1 Å². The van der Waals surface area contributed by atoms with E-state index in [4.69, 9.17) is 25.8 Å². The predicted octanol–water partition coefficient (Wildman–Crippen LogP) is 3.83. The van der Waals surface area contributed by atoms with Crippen molar-refractivity contribution in [1.82, 2.24) is 9.38 Å². The number of nitrogens with zero attached hydrogens (tertiary/aromatic N) is 2. The van der Waals surface area contributed by atoms with E-state index >= 15 is 0 Å². The first-order chi connectivity index (χ1) is 13.4. The summed E-state index contributed by atoms with van der Waals surface area (Å²) in [4.78, 5) is 16.4. The third-order valence-electron chi connectivity index (χ3n) is 4.14. The van der Waals surface area contributed by atoms with Gasteiger partial charge in [-0.15, -0.1) is 0 Å². The van der Waals surface area contributed by atoms with Crippen LogP contribution in [0.15, 0.2) is 30.5 Å². The van der Waals surface area contributed by atoms with Crippen LogP contribution in [0.3, 0.4) is 0 Å². The highest BCUT2D eigenvalue weighted by atomic mass is 35.5. The number of aryl methyl sites for hydroxylation is 2. The lowest BCUT2D eigenvalue weighted by molar-refractivity contribution is 0.0594. The molecule has 7 heteroatoms. The van der Waals surface area contributed by atoms with Gasteiger partial charge in [0.2, 0.25) is 0 Å². The van der Waals surface area contributed by atoms with E-state index < -0.39 is 5.97 Å². The largest absolute Gasteiger partial charge is 0.497 e. The van der Waals surface area contributed by atoms with Crippen LogP contribution in [0.5, 0.6) is 11.5 Å². The van der Waals surface area contributed by atoms with Crippen molar-refractivity contribution in [3.8, 4) is 23.3 Å². The number of hydrogen-bond acceptors (Lipinski definition) is 5. The Morgan fingerprint density at radius 2 is 1.89 bits per heavy atom. The number of imidazole rings is 1. The Balaban J connectivity index is 1.88. The molecule has 0 aliphatic carbocycles. The quantitative estimate of drug-likeness (QED) is 0.493. The molecule has 0 aliphatic rings. The van der Waals surface area contributed by atoms with Gasteiger partial charge in [0, 0.05) is 17.3 Å². The van der Waals surface area contributed by atoms with E-state index in [-0.39, 0.29) is 12.3 Å². The van der Waals surface area contributed by atoms with E-state index in [1.54, 1.807) is 29.8 Å². The van der Waals surface area contributed by atoms with Gasteiger partial charge in [0.25, 0.3) is 0 Å². The van der Waals surface area contributed by atoms with Gasteiger partial charge < -0.3 is 14.2 Å². The van der Waals surface area contributed by atoms with Crippen LogP contribution in [0, 0.1) is 25.7 Å². The maximum atomic E-state index is 12.1. The molecule has 2 aromatic heterocycles. The molecule has 3 aromatic rings. The van der Waals surface area contributed by atoms with Gasteiger partial charge in [0.05, 0.1) is 14.2 Å². The summed E-state index contributed by atoms with van der Waals surface area (Å²) < 4.78 is 17.4. The second-order valence-electron chi connectivity index (χ2n) is 6.06. The van der Waals surface area contributed by atoms with Crippen LogP contribution in [0.25, 0.3) is 5.65 Å².